The highest BCUT2D eigenvalue weighted by molar-refractivity contribution is 7.92. The van der Waals surface area contributed by atoms with Crippen molar-refractivity contribution in [2.24, 2.45) is 0 Å². The van der Waals surface area contributed by atoms with Gasteiger partial charge in [-0.25, -0.2) is 17.9 Å². The normalized spacial score (nSPS) is 11.7. The van der Waals surface area contributed by atoms with Crippen molar-refractivity contribution in [3.63, 3.8) is 0 Å². The molecule has 4 aromatic rings. The lowest BCUT2D eigenvalue weighted by molar-refractivity contribution is 0.589. The third-order valence-electron chi connectivity index (χ3n) is 4.99. The van der Waals surface area contributed by atoms with Gasteiger partial charge in [-0.1, -0.05) is 35.9 Å². The summed E-state index contributed by atoms with van der Waals surface area (Å²) in [6.45, 7) is 5.81. The van der Waals surface area contributed by atoms with Gasteiger partial charge in [0.25, 0.3) is 10.0 Å². The lowest BCUT2D eigenvalue weighted by atomic mass is 10.2. The van der Waals surface area contributed by atoms with E-state index in [4.69, 9.17) is 0 Å². The molecule has 0 aliphatic carbocycles. The minimum Gasteiger partial charge on any atom is -0.259 e. The number of hydrogen-bond donors (Lipinski definition) is 1. The number of fused-ring (bicyclic) bond motifs is 1. The molecule has 6 nitrogen and oxygen atoms in total. The van der Waals surface area contributed by atoms with E-state index in [1.807, 2.05) is 45.0 Å². The number of hydrogen-bond acceptors (Lipinski definition) is 5. The van der Waals surface area contributed by atoms with E-state index in [0.29, 0.717) is 17.2 Å². The van der Waals surface area contributed by atoms with Gasteiger partial charge in [-0.15, -0.1) is 17.7 Å². The van der Waals surface area contributed by atoms with Crippen LogP contribution in [0.3, 0.4) is 0 Å². The van der Waals surface area contributed by atoms with Crippen LogP contribution in [0.15, 0.2) is 70.5 Å². The molecule has 30 heavy (non-hydrogen) atoms. The van der Waals surface area contributed by atoms with Crippen molar-refractivity contribution in [1.29, 1.82) is 0 Å². The van der Waals surface area contributed by atoms with Crippen LogP contribution in [0.2, 0.25) is 0 Å². The average molecular weight is 439 g/mol. The molecular weight excluding hydrogens is 416 g/mol. The number of rotatable bonds is 5. The van der Waals surface area contributed by atoms with E-state index in [-0.39, 0.29) is 11.4 Å². The van der Waals surface area contributed by atoms with Crippen molar-refractivity contribution in [2.45, 2.75) is 37.1 Å². The van der Waals surface area contributed by atoms with E-state index >= 15 is 0 Å². The highest BCUT2D eigenvalue weighted by Gasteiger charge is 2.26. The Morgan fingerprint density at radius 1 is 1.00 bits per heavy atom. The van der Waals surface area contributed by atoms with E-state index < -0.39 is 10.0 Å². The Morgan fingerprint density at radius 3 is 2.33 bits per heavy atom. The Hall–Kier alpha value is -2.84. The van der Waals surface area contributed by atoms with Crippen LogP contribution < -0.4 is 4.31 Å². The molecule has 0 bridgehead atoms. The van der Waals surface area contributed by atoms with Crippen molar-refractivity contribution < 1.29 is 8.42 Å². The van der Waals surface area contributed by atoms with Crippen molar-refractivity contribution in [1.82, 2.24) is 14.6 Å². The zero-order valence-corrected chi connectivity index (χ0v) is 18.7. The number of para-hydroxylation sites is 1. The second-order valence-electron chi connectivity index (χ2n) is 7.22. The summed E-state index contributed by atoms with van der Waals surface area (Å²) >= 11 is 4.53. The second kappa shape index (κ2) is 7.77. The summed E-state index contributed by atoms with van der Waals surface area (Å²) in [6.07, 6.45) is 0. The quantitative estimate of drug-likeness (QED) is 0.471. The third kappa shape index (κ3) is 3.68. The van der Waals surface area contributed by atoms with Crippen LogP contribution in [-0.4, -0.2) is 23.0 Å². The number of pyridine rings is 1. The minimum absolute atomic E-state index is 0.0162. The summed E-state index contributed by atoms with van der Waals surface area (Å²) in [4.78, 5) is 5.64. The molecule has 0 fully saturated rings. The van der Waals surface area contributed by atoms with Gasteiger partial charge in [0.1, 0.15) is 0 Å². The lowest BCUT2D eigenvalue weighted by Crippen LogP contribution is -2.31. The molecule has 2 heterocycles. The molecule has 154 valence electrons. The van der Waals surface area contributed by atoms with Crippen LogP contribution in [0.25, 0.3) is 5.65 Å². The van der Waals surface area contributed by atoms with Crippen molar-refractivity contribution in [3.05, 3.63) is 83.3 Å². The molecule has 0 saturated heterocycles. The molecule has 0 aliphatic heterocycles. The maximum Gasteiger partial charge on any atom is 0.264 e. The monoisotopic (exact) mass is 438 g/mol. The summed E-state index contributed by atoms with van der Waals surface area (Å²) in [6, 6.07) is 17.7. The predicted octanol–water partition coefficient (Wildman–Crippen LogP) is 4.34. The molecule has 0 spiro atoms. The zero-order valence-electron chi connectivity index (χ0n) is 16.9. The van der Waals surface area contributed by atoms with Gasteiger partial charge in [-0.2, -0.15) is 0 Å². The van der Waals surface area contributed by atoms with Gasteiger partial charge in [-0.3, -0.25) is 4.31 Å². The maximum atomic E-state index is 13.5. The lowest BCUT2D eigenvalue weighted by Gasteiger charge is -2.23. The maximum absolute atomic E-state index is 13.5. The van der Waals surface area contributed by atoms with Crippen molar-refractivity contribution >= 4 is 34.0 Å². The molecule has 0 radical (unpaired) electrons. The molecule has 4 rings (SSSR count). The molecule has 2 aromatic carbocycles. The van der Waals surface area contributed by atoms with Gasteiger partial charge in [0.15, 0.2) is 11.5 Å². The first-order valence-corrected chi connectivity index (χ1v) is 11.4. The van der Waals surface area contributed by atoms with Gasteiger partial charge in [-0.05, 0) is 56.7 Å². The molecule has 2 aromatic heterocycles. The largest absolute Gasteiger partial charge is 0.264 e. The van der Waals surface area contributed by atoms with Gasteiger partial charge >= 0.3 is 0 Å². The third-order valence-corrected chi connectivity index (χ3v) is 7.46. The summed E-state index contributed by atoms with van der Waals surface area (Å²) in [5.74, 6) is 0.413. The number of aromatic nitrogens is 3. The van der Waals surface area contributed by atoms with Gasteiger partial charge in [0, 0.05) is 4.90 Å². The van der Waals surface area contributed by atoms with Gasteiger partial charge < -0.3 is 0 Å². The Kier molecular flexibility index (Phi) is 5.29. The van der Waals surface area contributed by atoms with Crippen LogP contribution >= 0.6 is 12.6 Å². The number of thiol groups is 1. The average Bonchev–Trinajstić information content (AvgIpc) is 3.14. The van der Waals surface area contributed by atoms with Crippen LogP contribution in [0.1, 0.15) is 22.6 Å². The predicted molar refractivity (Wildman–Crippen MR) is 121 cm³/mol. The SMILES string of the molecule is Cc1ccc(S(=O)(=O)N(Cc2nc3cc(C)c(S)c(C)n3n2)c2ccccc2)cc1. The fourth-order valence-corrected chi connectivity index (χ4v) is 4.88. The summed E-state index contributed by atoms with van der Waals surface area (Å²) in [5.41, 5.74) is 4.07. The van der Waals surface area contributed by atoms with E-state index in [9.17, 15) is 8.42 Å². The second-order valence-corrected chi connectivity index (χ2v) is 9.53. The van der Waals surface area contributed by atoms with Crippen molar-refractivity contribution in [3.8, 4) is 0 Å². The molecule has 0 N–H and O–H groups in total. The highest BCUT2D eigenvalue weighted by Crippen LogP contribution is 2.26. The Balaban J connectivity index is 1.81. The molecular formula is C22H22N4O2S2. The highest BCUT2D eigenvalue weighted by atomic mass is 32.2. The molecule has 8 heteroatoms. The standard InChI is InChI=1S/C22H22N4O2S2/c1-15-9-11-19(12-10-15)30(27,28)25(18-7-5-4-6-8-18)14-20-23-21-13-16(2)22(29)17(3)26(21)24-20/h4-13,29H,14H2,1-3H3. The number of aryl methyl sites for hydroxylation is 3. The fourth-order valence-electron chi connectivity index (χ4n) is 3.30. The number of sulfonamides is 1. The Morgan fingerprint density at radius 2 is 1.67 bits per heavy atom. The fraction of sp³-hybridized carbons (Fsp3) is 0.182. The number of nitrogens with zero attached hydrogens (tertiary/aromatic N) is 4. The molecule has 0 atom stereocenters. The van der Waals surface area contributed by atoms with Crippen LogP contribution in [-0.2, 0) is 16.6 Å². The molecule has 0 aliphatic rings. The first-order chi connectivity index (χ1) is 14.3. The zero-order chi connectivity index (χ0) is 21.5. The Bertz CT molecular complexity index is 1320. The summed E-state index contributed by atoms with van der Waals surface area (Å²) in [5, 5.41) is 4.55. The summed E-state index contributed by atoms with van der Waals surface area (Å²) in [7, 11) is -3.80. The van der Waals surface area contributed by atoms with Crippen molar-refractivity contribution in [2.75, 3.05) is 4.31 Å². The molecule has 0 saturated carbocycles. The topological polar surface area (TPSA) is 67.6 Å². The van der Waals surface area contributed by atoms with Crippen LogP contribution in [0.4, 0.5) is 5.69 Å². The minimum atomic E-state index is -3.80. The van der Waals surface area contributed by atoms with Crippen LogP contribution in [0.5, 0.6) is 0 Å². The molecule has 0 amide bonds. The van der Waals surface area contributed by atoms with E-state index in [1.165, 1.54) is 4.31 Å². The first kappa shape index (κ1) is 20.4. The summed E-state index contributed by atoms with van der Waals surface area (Å²) < 4.78 is 30.0. The van der Waals surface area contributed by atoms with E-state index in [1.54, 1.807) is 40.9 Å². The number of anilines is 1. The van der Waals surface area contributed by atoms with Crippen LogP contribution in [0, 0.1) is 20.8 Å². The smallest absolute Gasteiger partial charge is 0.259 e. The Labute approximate surface area is 181 Å². The van der Waals surface area contributed by atoms with Gasteiger partial charge in [0.2, 0.25) is 0 Å². The molecule has 0 unspecified atom stereocenters. The van der Waals surface area contributed by atoms with E-state index in [0.717, 1.165) is 21.7 Å². The first-order valence-electron chi connectivity index (χ1n) is 9.46. The number of benzene rings is 2. The van der Waals surface area contributed by atoms with E-state index in [2.05, 4.69) is 22.7 Å². The van der Waals surface area contributed by atoms with Gasteiger partial charge in [0.05, 0.1) is 22.8 Å².